The number of ether oxygens (including phenoxy) is 1. The molecule has 0 aromatic heterocycles. The van der Waals surface area contributed by atoms with Crippen molar-refractivity contribution < 1.29 is 22.7 Å². The summed E-state index contributed by atoms with van der Waals surface area (Å²) in [7, 11) is -3.55. The minimum atomic E-state index is -3.55. The lowest BCUT2D eigenvalue weighted by atomic mass is 9.81. The zero-order valence-electron chi connectivity index (χ0n) is 18.4. The molecule has 4 atom stereocenters. The number of nitrogens with two attached hydrogens (primary N) is 1. The molecule has 0 radical (unpaired) electrons. The Balaban J connectivity index is 1.78. The van der Waals surface area contributed by atoms with Gasteiger partial charge in [0.15, 0.2) is 9.84 Å². The highest BCUT2D eigenvalue weighted by atomic mass is 32.2. The third kappa shape index (κ3) is 5.98. The van der Waals surface area contributed by atoms with Crippen LogP contribution < -0.4 is 11.1 Å². The minimum Gasteiger partial charge on any atom is -0.444 e. The predicted octanol–water partition coefficient (Wildman–Crippen LogP) is 2.08. The molecule has 3 N–H and O–H groups in total. The van der Waals surface area contributed by atoms with E-state index in [1.165, 1.54) is 0 Å². The highest BCUT2D eigenvalue weighted by Crippen LogP contribution is 2.33. The summed E-state index contributed by atoms with van der Waals surface area (Å²) in [5.74, 6) is -0.522. The van der Waals surface area contributed by atoms with Crippen molar-refractivity contribution >= 4 is 21.8 Å². The van der Waals surface area contributed by atoms with Crippen molar-refractivity contribution in [3.63, 3.8) is 0 Å². The average Bonchev–Trinajstić information content (AvgIpc) is 3.00. The van der Waals surface area contributed by atoms with Crippen LogP contribution in [-0.2, 0) is 19.4 Å². The molecule has 1 aromatic carbocycles. The lowest BCUT2D eigenvalue weighted by Crippen LogP contribution is -2.52. The number of hydrogen-bond donors (Lipinski definition) is 2. The predicted molar refractivity (Wildman–Crippen MR) is 117 cm³/mol. The lowest BCUT2D eigenvalue weighted by molar-refractivity contribution is -0.132. The summed E-state index contributed by atoms with van der Waals surface area (Å²) in [6.45, 7) is 5.92. The second kappa shape index (κ2) is 9.16. The molecule has 1 aliphatic heterocycles. The van der Waals surface area contributed by atoms with Crippen molar-refractivity contribution in [1.29, 1.82) is 0 Å². The standard InChI is InChI=1S/C22H33N3O5S/c1-22(2,3)30-21(27)24-16-9-10-19(25-12-11-18(23)20(25)26)15(13-16)14-31(28,29)17-7-5-4-6-8-17/h4-8,15-16,18-19H,9-14,23H2,1-3H3,(H,24,27)/t15-,16+,18-,19-/m0/s1. The molecule has 1 saturated heterocycles. The molecule has 0 bridgehead atoms. The van der Waals surface area contributed by atoms with Gasteiger partial charge in [-0.25, -0.2) is 13.2 Å². The summed E-state index contributed by atoms with van der Waals surface area (Å²) in [5.41, 5.74) is 5.29. The van der Waals surface area contributed by atoms with Crippen molar-refractivity contribution in [3.8, 4) is 0 Å². The molecule has 0 unspecified atom stereocenters. The van der Waals surface area contributed by atoms with Gasteiger partial charge in [0.05, 0.1) is 16.7 Å². The first-order valence-electron chi connectivity index (χ1n) is 10.8. The molecule has 9 heteroatoms. The van der Waals surface area contributed by atoms with Gasteiger partial charge < -0.3 is 20.7 Å². The molecule has 1 heterocycles. The van der Waals surface area contributed by atoms with Crippen molar-refractivity contribution in [2.75, 3.05) is 12.3 Å². The average molecular weight is 452 g/mol. The Bertz CT molecular complexity index is 897. The number of nitrogens with zero attached hydrogens (tertiary/aromatic N) is 1. The van der Waals surface area contributed by atoms with Gasteiger partial charge in [-0.1, -0.05) is 18.2 Å². The first-order chi connectivity index (χ1) is 14.5. The second-order valence-electron chi connectivity index (χ2n) is 9.50. The van der Waals surface area contributed by atoms with E-state index in [-0.39, 0.29) is 34.6 Å². The van der Waals surface area contributed by atoms with Crippen LogP contribution in [0.1, 0.15) is 46.5 Å². The molecule has 2 fully saturated rings. The number of amides is 2. The van der Waals surface area contributed by atoms with Gasteiger partial charge in [-0.3, -0.25) is 4.79 Å². The van der Waals surface area contributed by atoms with Crippen LogP contribution in [0, 0.1) is 5.92 Å². The zero-order valence-corrected chi connectivity index (χ0v) is 19.2. The summed E-state index contributed by atoms with van der Waals surface area (Å²) < 4.78 is 31.5. The molecule has 172 valence electrons. The Labute approximate surface area is 184 Å². The van der Waals surface area contributed by atoms with E-state index in [2.05, 4.69) is 5.32 Å². The summed E-state index contributed by atoms with van der Waals surface area (Å²) in [6.07, 6.45) is 1.76. The fourth-order valence-electron chi connectivity index (χ4n) is 4.50. The molecule has 31 heavy (non-hydrogen) atoms. The van der Waals surface area contributed by atoms with Crippen LogP contribution in [0.25, 0.3) is 0 Å². The van der Waals surface area contributed by atoms with E-state index in [1.807, 2.05) is 0 Å². The van der Waals surface area contributed by atoms with E-state index in [0.717, 1.165) is 0 Å². The van der Waals surface area contributed by atoms with Gasteiger partial charge in [-0.15, -0.1) is 0 Å². The molecule has 1 saturated carbocycles. The van der Waals surface area contributed by atoms with Gasteiger partial charge in [-0.05, 0) is 64.5 Å². The highest BCUT2D eigenvalue weighted by Gasteiger charge is 2.42. The normalized spacial score (nSPS) is 27.2. The van der Waals surface area contributed by atoms with Crippen molar-refractivity contribution in [2.24, 2.45) is 11.7 Å². The van der Waals surface area contributed by atoms with Crippen LogP contribution in [0.3, 0.4) is 0 Å². The van der Waals surface area contributed by atoms with Gasteiger partial charge in [0, 0.05) is 18.6 Å². The number of nitrogens with one attached hydrogen (secondary N) is 1. The Kier molecular flexibility index (Phi) is 6.95. The van der Waals surface area contributed by atoms with Crippen LogP contribution in [0.15, 0.2) is 35.2 Å². The molecule has 1 aliphatic carbocycles. The van der Waals surface area contributed by atoms with Crippen LogP contribution in [0.4, 0.5) is 4.79 Å². The van der Waals surface area contributed by atoms with E-state index in [4.69, 9.17) is 10.5 Å². The third-order valence-corrected chi connectivity index (χ3v) is 7.74. The van der Waals surface area contributed by atoms with Crippen LogP contribution in [-0.4, -0.2) is 61.3 Å². The monoisotopic (exact) mass is 451 g/mol. The smallest absolute Gasteiger partial charge is 0.407 e. The van der Waals surface area contributed by atoms with Crippen LogP contribution >= 0.6 is 0 Å². The van der Waals surface area contributed by atoms with E-state index in [1.54, 1.807) is 56.0 Å². The Morgan fingerprint density at radius 3 is 2.45 bits per heavy atom. The summed E-state index contributed by atoms with van der Waals surface area (Å²) in [5, 5.41) is 2.88. The maximum Gasteiger partial charge on any atom is 0.407 e. The molecule has 0 spiro atoms. The number of likely N-dealkylation sites (tertiary alicyclic amines) is 1. The molecule has 1 aromatic rings. The second-order valence-corrected chi connectivity index (χ2v) is 11.5. The minimum absolute atomic E-state index is 0.0901. The fraction of sp³-hybridized carbons (Fsp3) is 0.636. The summed E-state index contributed by atoms with van der Waals surface area (Å²) in [6, 6.07) is 7.38. The van der Waals surface area contributed by atoms with Crippen molar-refractivity contribution in [2.45, 2.75) is 75.1 Å². The number of hydrogen-bond acceptors (Lipinski definition) is 6. The molecule has 2 amide bonds. The fourth-order valence-corrected chi connectivity index (χ4v) is 6.19. The Morgan fingerprint density at radius 2 is 1.87 bits per heavy atom. The third-order valence-electron chi connectivity index (χ3n) is 5.88. The lowest BCUT2D eigenvalue weighted by Gasteiger charge is -2.41. The van der Waals surface area contributed by atoms with Crippen molar-refractivity contribution in [3.05, 3.63) is 30.3 Å². The van der Waals surface area contributed by atoms with Crippen LogP contribution in [0.5, 0.6) is 0 Å². The summed E-state index contributed by atoms with van der Waals surface area (Å²) in [4.78, 5) is 26.8. The number of carbonyl (C=O) groups excluding carboxylic acids is 2. The summed E-state index contributed by atoms with van der Waals surface area (Å²) >= 11 is 0. The van der Waals surface area contributed by atoms with E-state index in [9.17, 15) is 18.0 Å². The Morgan fingerprint density at radius 1 is 1.19 bits per heavy atom. The number of benzene rings is 1. The number of sulfone groups is 1. The number of carbonyl (C=O) groups is 2. The SMILES string of the molecule is CC(C)(C)OC(=O)N[C@@H]1CC[C@H](N2CC[C@H](N)C2=O)[C@H](CS(=O)(=O)c2ccccc2)C1. The molecule has 3 rings (SSSR count). The van der Waals surface area contributed by atoms with Gasteiger partial charge in [0.1, 0.15) is 5.60 Å². The van der Waals surface area contributed by atoms with Crippen molar-refractivity contribution in [1.82, 2.24) is 10.2 Å². The van der Waals surface area contributed by atoms with Gasteiger partial charge >= 0.3 is 6.09 Å². The molecular weight excluding hydrogens is 418 g/mol. The van der Waals surface area contributed by atoms with E-state index in [0.29, 0.717) is 32.2 Å². The zero-order chi connectivity index (χ0) is 22.8. The van der Waals surface area contributed by atoms with Crippen LogP contribution in [0.2, 0.25) is 0 Å². The molecule has 8 nitrogen and oxygen atoms in total. The van der Waals surface area contributed by atoms with E-state index < -0.39 is 27.6 Å². The highest BCUT2D eigenvalue weighted by molar-refractivity contribution is 7.91. The number of rotatable bonds is 5. The molecular formula is C22H33N3O5S. The Hall–Kier alpha value is -2.13. The number of alkyl carbamates (subject to hydrolysis) is 1. The topological polar surface area (TPSA) is 119 Å². The maximum atomic E-state index is 13.1. The largest absolute Gasteiger partial charge is 0.444 e. The molecule has 2 aliphatic rings. The van der Waals surface area contributed by atoms with Gasteiger partial charge in [-0.2, -0.15) is 0 Å². The van der Waals surface area contributed by atoms with Gasteiger partial charge in [0.2, 0.25) is 5.91 Å². The first kappa shape index (κ1) is 23.5. The quantitative estimate of drug-likeness (QED) is 0.707. The first-order valence-corrected chi connectivity index (χ1v) is 12.4. The van der Waals surface area contributed by atoms with E-state index >= 15 is 0 Å². The maximum absolute atomic E-state index is 13.1. The van der Waals surface area contributed by atoms with Gasteiger partial charge in [0.25, 0.3) is 0 Å².